The molecule has 0 atom stereocenters. The van der Waals surface area contributed by atoms with Crippen molar-refractivity contribution in [2.75, 3.05) is 26.0 Å². The molecule has 0 aliphatic heterocycles. The van der Waals surface area contributed by atoms with Gasteiger partial charge in [-0.05, 0) is 19.9 Å². The summed E-state index contributed by atoms with van der Waals surface area (Å²) in [6, 6.07) is 4.39. The average molecular weight is 254 g/mol. The van der Waals surface area contributed by atoms with Crippen molar-refractivity contribution in [1.82, 2.24) is 4.90 Å². The second kappa shape index (κ2) is 6.23. The van der Waals surface area contributed by atoms with Crippen molar-refractivity contribution in [1.29, 1.82) is 0 Å². The third kappa shape index (κ3) is 3.91. The summed E-state index contributed by atoms with van der Waals surface area (Å²) in [7, 11) is 3.21. The number of carbonyl (C=O) groups is 1. The lowest BCUT2D eigenvalue weighted by Crippen LogP contribution is -2.37. The Morgan fingerprint density at radius 2 is 2.11 bits per heavy atom. The van der Waals surface area contributed by atoms with Crippen molar-refractivity contribution >= 4 is 11.6 Å². The molecule has 0 aliphatic carbocycles. The Balaban J connectivity index is 2.63. The fourth-order valence-electron chi connectivity index (χ4n) is 1.37. The monoisotopic (exact) mass is 254 g/mol. The Labute approximate surface area is 107 Å². The number of rotatable bonds is 5. The van der Waals surface area contributed by atoms with Crippen molar-refractivity contribution in [2.45, 2.75) is 19.9 Å². The van der Waals surface area contributed by atoms with Gasteiger partial charge in [0, 0.05) is 30.9 Å². The zero-order valence-corrected chi connectivity index (χ0v) is 11.2. The molecule has 0 bridgehead atoms. The number of hydrogen-bond donors (Lipinski definition) is 1. The molecule has 1 aromatic rings. The number of nitrogens with one attached hydrogen (secondary N) is 1. The Morgan fingerprint density at radius 3 is 2.67 bits per heavy atom. The van der Waals surface area contributed by atoms with Crippen LogP contribution in [0.3, 0.4) is 0 Å². The topological polar surface area (TPSA) is 41.6 Å². The van der Waals surface area contributed by atoms with Crippen LogP contribution < -0.4 is 10.1 Å². The molecule has 0 aliphatic rings. The van der Waals surface area contributed by atoms with Crippen molar-refractivity contribution in [3.05, 3.63) is 24.0 Å². The van der Waals surface area contributed by atoms with Gasteiger partial charge in [-0.25, -0.2) is 4.39 Å². The normalized spacial score (nSPS) is 10.3. The van der Waals surface area contributed by atoms with E-state index in [1.165, 1.54) is 19.2 Å². The molecular formula is C13H19FN2O2. The van der Waals surface area contributed by atoms with Crippen molar-refractivity contribution in [2.24, 2.45) is 0 Å². The number of hydrogen-bond acceptors (Lipinski definition) is 3. The van der Waals surface area contributed by atoms with E-state index in [1.807, 2.05) is 13.8 Å². The van der Waals surface area contributed by atoms with Crippen LogP contribution >= 0.6 is 0 Å². The molecule has 0 radical (unpaired) electrons. The molecule has 0 unspecified atom stereocenters. The van der Waals surface area contributed by atoms with E-state index in [0.29, 0.717) is 11.4 Å². The summed E-state index contributed by atoms with van der Waals surface area (Å²) in [5, 5.41) is 2.88. The number of methoxy groups -OCH3 is 1. The van der Waals surface area contributed by atoms with Crippen LogP contribution in [-0.2, 0) is 4.79 Å². The van der Waals surface area contributed by atoms with Gasteiger partial charge in [0.25, 0.3) is 0 Å². The summed E-state index contributed by atoms with van der Waals surface area (Å²) in [6.45, 7) is 3.99. The maximum atomic E-state index is 13.2. The smallest absolute Gasteiger partial charge is 0.241 e. The van der Waals surface area contributed by atoms with Crippen LogP contribution in [0, 0.1) is 5.82 Å². The molecule has 100 valence electrons. The molecule has 1 N–H and O–H groups in total. The van der Waals surface area contributed by atoms with Gasteiger partial charge in [0.15, 0.2) is 0 Å². The maximum absolute atomic E-state index is 13.2. The standard InChI is InChI=1S/C13H19FN2O2/c1-9(2)16(3)13(17)8-15-11-5-10(14)6-12(7-11)18-4/h5-7,9,15H,8H2,1-4H3. The lowest BCUT2D eigenvalue weighted by molar-refractivity contribution is -0.129. The van der Waals surface area contributed by atoms with Crippen LogP contribution in [0.25, 0.3) is 0 Å². The Kier molecular flexibility index (Phi) is 4.95. The van der Waals surface area contributed by atoms with E-state index in [4.69, 9.17) is 4.74 Å². The summed E-state index contributed by atoms with van der Waals surface area (Å²) < 4.78 is 18.2. The molecule has 1 amide bonds. The van der Waals surface area contributed by atoms with Crippen molar-refractivity contribution in [3.63, 3.8) is 0 Å². The largest absolute Gasteiger partial charge is 0.497 e. The molecule has 1 rings (SSSR count). The zero-order chi connectivity index (χ0) is 13.7. The van der Waals surface area contributed by atoms with E-state index in [-0.39, 0.29) is 18.5 Å². The molecular weight excluding hydrogens is 235 g/mol. The molecule has 0 spiro atoms. The molecule has 4 nitrogen and oxygen atoms in total. The Morgan fingerprint density at radius 1 is 1.44 bits per heavy atom. The first-order valence-electron chi connectivity index (χ1n) is 5.78. The van der Waals surface area contributed by atoms with Crippen LogP contribution in [0.5, 0.6) is 5.75 Å². The highest BCUT2D eigenvalue weighted by atomic mass is 19.1. The van der Waals surface area contributed by atoms with E-state index < -0.39 is 5.82 Å². The fourth-order valence-corrected chi connectivity index (χ4v) is 1.37. The van der Waals surface area contributed by atoms with Crippen LogP contribution in [0.2, 0.25) is 0 Å². The minimum atomic E-state index is -0.401. The number of nitrogens with zero attached hydrogens (tertiary/aromatic N) is 1. The number of likely N-dealkylation sites (N-methyl/N-ethyl adjacent to an activating group) is 1. The summed E-state index contributed by atoms with van der Waals surface area (Å²) in [6.07, 6.45) is 0. The summed E-state index contributed by atoms with van der Waals surface area (Å²) >= 11 is 0. The number of anilines is 1. The highest BCUT2D eigenvalue weighted by molar-refractivity contribution is 5.80. The van der Waals surface area contributed by atoms with Crippen LogP contribution in [0.15, 0.2) is 18.2 Å². The van der Waals surface area contributed by atoms with Gasteiger partial charge in [0.2, 0.25) is 5.91 Å². The highest BCUT2D eigenvalue weighted by Gasteiger charge is 2.11. The SMILES string of the molecule is COc1cc(F)cc(NCC(=O)N(C)C(C)C)c1. The third-order valence-electron chi connectivity index (χ3n) is 2.72. The summed E-state index contributed by atoms with van der Waals surface area (Å²) in [4.78, 5) is 13.4. The maximum Gasteiger partial charge on any atom is 0.241 e. The lowest BCUT2D eigenvalue weighted by atomic mass is 10.3. The molecule has 0 saturated heterocycles. The lowest BCUT2D eigenvalue weighted by Gasteiger charge is -2.21. The Hall–Kier alpha value is -1.78. The first-order chi connectivity index (χ1) is 8.43. The van der Waals surface area contributed by atoms with Gasteiger partial charge >= 0.3 is 0 Å². The van der Waals surface area contributed by atoms with E-state index >= 15 is 0 Å². The van der Waals surface area contributed by atoms with E-state index in [0.717, 1.165) is 0 Å². The van der Waals surface area contributed by atoms with Gasteiger partial charge in [0.1, 0.15) is 11.6 Å². The second-order valence-corrected chi connectivity index (χ2v) is 4.33. The quantitative estimate of drug-likeness (QED) is 0.875. The predicted molar refractivity (Wildman–Crippen MR) is 69.3 cm³/mol. The molecule has 1 aromatic carbocycles. The molecule has 0 heterocycles. The summed E-state index contributed by atoms with van der Waals surface area (Å²) in [5.41, 5.74) is 0.525. The number of amides is 1. The van der Waals surface area contributed by atoms with Crippen molar-refractivity contribution in [3.8, 4) is 5.75 Å². The minimum absolute atomic E-state index is 0.0479. The molecule has 0 fully saturated rings. The first kappa shape index (κ1) is 14.3. The van der Waals surface area contributed by atoms with E-state index in [1.54, 1.807) is 18.0 Å². The van der Waals surface area contributed by atoms with Gasteiger partial charge in [-0.15, -0.1) is 0 Å². The van der Waals surface area contributed by atoms with Gasteiger partial charge in [-0.1, -0.05) is 0 Å². The fraction of sp³-hybridized carbons (Fsp3) is 0.462. The van der Waals surface area contributed by atoms with Gasteiger partial charge in [0.05, 0.1) is 13.7 Å². The minimum Gasteiger partial charge on any atom is -0.497 e. The van der Waals surface area contributed by atoms with Crippen molar-refractivity contribution < 1.29 is 13.9 Å². The van der Waals surface area contributed by atoms with Crippen LogP contribution in [0.1, 0.15) is 13.8 Å². The second-order valence-electron chi connectivity index (χ2n) is 4.33. The average Bonchev–Trinajstić information content (AvgIpc) is 2.34. The van der Waals surface area contributed by atoms with E-state index in [9.17, 15) is 9.18 Å². The van der Waals surface area contributed by atoms with Crippen LogP contribution in [0.4, 0.5) is 10.1 Å². The third-order valence-corrected chi connectivity index (χ3v) is 2.72. The number of carbonyl (C=O) groups excluding carboxylic acids is 1. The van der Waals surface area contributed by atoms with Crippen LogP contribution in [-0.4, -0.2) is 37.6 Å². The number of halogens is 1. The summed E-state index contributed by atoms with van der Waals surface area (Å²) in [5.74, 6) is -0.0306. The van der Waals surface area contributed by atoms with Gasteiger partial charge in [-0.2, -0.15) is 0 Å². The molecule has 0 saturated carbocycles. The first-order valence-corrected chi connectivity index (χ1v) is 5.78. The Bertz CT molecular complexity index is 421. The highest BCUT2D eigenvalue weighted by Crippen LogP contribution is 2.19. The molecule has 0 aromatic heterocycles. The van der Waals surface area contributed by atoms with Gasteiger partial charge < -0.3 is 15.0 Å². The zero-order valence-electron chi connectivity index (χ0n) is 11.2. The predicted octanol–water partition coefficient (Wildman–Crippen LogP) is 2.11. The number of benzene rings is 1. The van der Waals surface area contributed by atoms with Gasteiger partial charge in [-0.3, -0.25) is 4.79 Å². The van der Waals surface area contributed by atoms with E-state index in [2.05, 4.69) is 5.32 Å². The molecule has 18 heavy (non-hydrogen) atoms. The number of ether oxygens (including phenoxy) is 1. The molecule has 5 heteroatoms.